The first kappa shape index (κ1) is 41.9. The van der Waals surface area contributed by atoms with E-state index in [2.05, 4.69) is 23.1 Å². The zero-order valence-electron chi connectivity index (χ0n) is 30.8. The van der Waals surface area contributed by atoms with Crippen LogP contribution in [0.1, 0.15) is 55.4 Å². The molecule has 0 saturated carbocycles. The Hall–Kier alpha value is -2.47. The van der Waals surface area contributed by atoms with E-state index in [0.717, 1.165) is 6.29 Å². The van der Waals surface area contributed by atoms with Crippen LogP contribution in [0, 0.1) is 11.8 Å². The molecule has 4 heterocycles. The number of aliphatic hydroxyl groups is 1. The molecule has 14 nitrogen and oxygen atoms in total. The van der Waals surface area contributed by atoms with E-state index < -0.39 is 29.5 Å². The first-order chi connectivity index (χ1) is 23.3. The Morgan fingerprint density at radius 2 is 1.24 bits per heavy atom. The molecular weight excluding hydrogens is 689 g/mol. The lowest BCUT2D eigenvalue weighted by Crippen LogP contribution is -2.52. The second-order valence-corrected chi connectivity index (χ2v) is 16.5. The summed E-state index contributed by atoms with van der Waals surface area (Å²) in [4.78, 5) is 47.9. The topological polar surface area (TPSA) is 158 Å². The number of hydrogen-bond donors (Lipinski definition) is 1. The molecule has 0 aromatic heterocycles. The van der Waals surface area contributed by atoms with E-state index in [9.17, 15) is 19.5 Å². The molecule has 0 radical (unpaired) electrons. The van der Waals surface area contributed by atoms with Crippen LogP contribution in [0.4, 0.5) is 9.59 Å². The van der Waals surface area contributed by atoms with Gasteiger partial charge in [0.1, 0.15) is 46.5 Å². The fraction of sp³-hybridized carbons (Fsp3) is 0.735. The predicted molar refractivity (Wildman–Crippen MR) is 194 cm³/mol. The first-order valence-corrected chi connectivity index (χ1v) is 18.4. The van der Waals surface area contributed by atoms with E-state index in [1.165, 1.54) is 33.3 Å². The van der Waals surface area contributed by atoms with Crippen LogP contribution in [0.15, 0.2) is 35.3 Å². The van der Waals surface area contributed by atoms with Crippen LogP contribution < -0.4 is 0 Å². The Bertz CT molecular complexity index is 1290. The van der Waals surface area contributed by atoms with Crippen LogP contribution in [0.3, 0.4) is 0 Å². The number of fused-ring (bicyclic) bond motifs is 2. The molecule has 4 aliphatic rings. The molecule has 1 N–H and O–H groups in total. The SMILES string of the molecule is C=CCO[C@H]1[C@H](C)[C@@H](C=O)O[C@@H]2SC(N(C)C(=O)OC(C)(C)C)=N[C@H]12.C=CCO[C@H]1[C@H](C)[C@@H](CO)O[C@@H]2SC(N(C)C(=O)OC(C)(C)C)=N[C@H]12. The van der Waals surface area contributed by atoms with Gasteiger partial charge in [0.15, 0.2) is 10.3 Å². The summed E-state index contributed by atoms with van der Waals surface area (Å²) >= 11 is 2.65. The second kappa shape index (κ2) is 17.8. The number of ether oxygens (including phenoxy) is 6. The Balaban J connectivity index is 0.000000270. The average molecular weight is 743 g/mol. The summed E-state index contributed by atoms with van der Waals surface area (Å²) in [5.41, 5.74) is -1.85. The van der Waals surface area contributed by atoms with Gasteiger partial charge >= 0.3 is 12.2 Å². The predicted octanol–water partition coefficient (Wildman–Crippen LogP) is 4.71. The number of nitrogens with zero attached hydrogens (tertiary/aromatic N) is 4. The molecule has 0 aromatic rings. The minimum atomic E-state index is -0.592. The smallest absolute Gasteiger partial charge is 0.416 e. The van der Waals surface area contributed by atoms with Crippen molar-refractivity contribution in [2.45, 2.75) is 114 Å². The van der Waals surface area contributed by atoms with Gasteiger partial charge in [0, 0.05) is 25.9 Å². The summed E-state index contributed by atoms with van der Waals surface area (Å²) in [7, 11) is 3.24. The molecule has 50 heavy (non-hydrogen) atoms. The third-order valence-electron chi connectivity index (χ3n) is 7.97. The van der Waals surface area contributed by atoms with Gasteiger partial charge < -0.3 is 38.3 Å². The van der Waals surface area contributed by atoms with Crippen molar-refractivity contribution in [3.05, 3.63) is 25.3 Å². The van der Waals surface area contributed by atoms with Gasteiger partial charge in [-0.25, -0.2) is 9.59 Å². The van der Waals surface area contributed by atoms with Crippen LogP contribution in [0.5, 0.6) is 0 Å². The number of rotatable bonds is 8. The molecule has 4 rings (SSSR count). The highest BCUT2D eigenvalue weighted by molar-refractivity contribution is 8.14. The highest BCUT2D eigenvalue weighted by Crippen LogP contribution is 2.42. The maximum Gasteiger partial charge on any atom is 0.416 e. The molecule has 4 aliphatic heterocycles. The summed E-state index contributed by atoms with van der Waals surface area (Å²) in [6.07, 6.45) is 1.79. The number of aliphatic imine (C=N–C) groups is 2. The Morgan fingerprint density at radius 3 is 1.62 bits per heavy atom. The molecule has 282 valence electrons. The monoisotopic (exact) mass is 742 g/mol. The summed E-state index contributed by atoms with van der Waals surface area (Å²) in [5.74, 6) is -0.170. The van der Waals surface area contributed by atoms with Crippen molar-refractivity contribution in [1.82, 2.24) is 9.80 Å². The molecule has 0 bridgehead atoms. The lowest BCUT2D eigenvalue weighted by Gasteiger charge is -2.40. The van der Waals surface area contributed by atoms with Gasteiger partial charge in [-0.2, -0.15) is 0 Å². The third kappa shape index (κ3) is 10.8. The first-order valence-electron chi connectivity index (χ1n) is 16.6. The molecule has 2 saturated heterocycles. The molecule has 2 amide bonds. The normalized spacial score (nSPS) is 31.8. The molecule has 16 heteroatoms. The molecule has 10 atom stereocenters. The summed E-state index contributed by atoms with van der Waals surface area (Å²) in [6, 6.07) is -0.543. The standard InChI is InChI=1S/C17H28N2O5S.C17H26N2O5S/c2*1-7-8-22-13-10(2)11(9-20)23-14-12(13)18-15(25-14)19(6)16(21)24-17(3,4)5/h7,10-14,20H,1,8-9H2,2-6H3;7,9-14H,1,8H2,2-6H3/t2*10-,11-,12-,13+,14-/m11/s1. The number of amidine groups is 2. The number of thioether (sulfide) groups is 2. The molecule has 0 aliphatic carbocycles. The van der Waals surface area contributed by atoms with Gasteiger partial charge in [-0.1, -0.05) is 49.5 Å². The second-order valence-electron chi connectivity index (χ2n) is 14.3. The van der Waals surface area contributed by atoms with Gasteiger partial charge in [0.25, 0.3) is 0 Å². The Morgan fingerprint density at radius 1 is 0.820 bits per heavy atom. The number of carbonyl (C=O) groups excluding carboxylic acids is 3. The van der Waals surface area contributed by atoms with Gasteiger partial charge in [-0.15, -0.1) is 13.2 Å². The summed E-state index contributed by atoms with van der Waals surface area (Å²) in [6.45, 7) is 22.8. The third-order valence-corrected chi connectivity index (χ3v) is 10.4. The van der Waals surface area contributed by atoms with E-state index in [0.29, 0.717) is 23.5 Å². The van der Waals surface area contributed by atoms with Crippen molar-refractivity contribution < 1.29 is 47.9 Å². The van der Waals surface area contributed by atoms with E-state index in [1.54, 1.807) is 47.0 Å². The fourth-order valence-corrected chi connectivity index (χ4v) is 7.76. The molecule has 0 aromatic carbocycles. The van der Waals surface area contributed by atoms with Crippen molar-refractivity contribution in [2.75, 3.05) is 33.9 Å². The number of amides is 2. The highest BCUT2D eigenvalue weighted by Gasteiger charge is 2.50. The number of aldehydes is 1. The van der Waals surface area contributed by atoms with Crippen molar-refractivity contribution in [3.8, 4) is 0 Å². The average Bonchev–Trinajstić information content (AvgIpc) is 3.66. The van der Waals surface area contributed by atoms with Gasteiger partial charge in [-0.3, -0.25) is 19.8 Å². The highest BCUT2D eigenvalue weighted by atomic mass is 32.2. The van der Waals surface area contributed by atoms with Crippen LogP contribution >= 0.6 is 23.5 Å². The summed E-state index contributed by atoms with van der Waals surface area (Å²) in [5, 5.41) is 10.6. The van der Waals surface area contributed by atoms with E-state index >= 15 is 0 Å². The van der Waals surface area contributed by atoms with E-state index in [1.807, 2.05) is 34.6 Å². The minimum Gasteiger partial charge on any atom is -0.443 e. The Labute approximate surface area is 304 Å². The van der Waals surface area contributed by atoms with Crippen molar-refractivity contribution in [1.29, 1.82) is 0 Å². The lowest BCUT2D eigenvalue weighted by molar-refractivity contribution is -0.146. The number of hydrogen-bond acceptors (Lipinski definition) is 14. The molecule has 2 fully saturated rings. The number of carbonyl (C=O) groups is 3. The fourth-order valence-electron chi connectivity index (χ4n) is 5.43. The Kier molecular flexibility index (Phi) is 15.0. The minimum absolute atomic E-state index is 0.0262. The maximum absolute atomic E-state index is 12.3. The van der Waals surface area contributed by atoms with Crippen molar-refractivity contribution >= 4 is 52.3 Å². The van der Waals surface area contributed by atoms with Gasteiger partial charge in [0.05, 0.1) is 38.1 Å². The summed E-state index contributed by atoms with van der Waals surface area (Å²) < 4.78 is 34.3. The van der Waals surface area contributed by atoms with Gasteiger partial charge in [0.2, 0.25) is 0 Å². The zero-order valence-corrected chi connectivity index (χ0v) is 32.4. The van der Waals surface area contributed by atoms with Crippen LogP contribution in [0.25, 0.3) is 0 Å². The van der Waals surface area contributed by atoms with E-state index in [4.69, 9.17) is 28.4 Å². The van der Waals surface area contributed by atoms with Crippen LogP contribution in [0.2, 0.25) is 0 Å². The maximum atomic E-state index is 12.3. The van der Waals surface area contributed by atoms with E-state index in [-0.39, 0.29) is 59.7 Å². The molecule has 0 unspecified atom stereocenters. The lowest BCUT2D eigenvalue weighted by atomic mass is 9.90. The zero-order chi connectivity index (χ0) is 37.6. The van der Waals surface area contributed by atoms with Crippen molar-refractivity contribution in [2.24, 2.45) is 21.8 Å². The van der Waals surface area contributed by atoms with Gasteiger partial charge in [-0.05, 0) is 41.5 Å². The number of aliphatic hydroxyl groups excluding tert-OH is 1. The largest absolute Gasteiger partial charge is 0.443 e. The van der Waals surface area contributed by atoms with Crippen LogP contribution in [-0.4, -0.2) is 136 Å². The van der Waals surface area contributed by atoms with Crippen molar-refractivity contribution in [3.63, 3.8) is 0 Å². The molecule has 0 spiro atoms. The molecular formula is C34H54N4O10S2. The van der Waals surface area contributed by atoms with Crippen LogP contribution in [-0.2, 0) is 33.2 Å². The quantitative estimate of drug-likeness (QED) is 0.270.